The minimum Gasteiger partial charge on any atom is -0.308 e. The molecule has 0 spiro atoms. The zero-order valence-corrected chi connectivity index (χ0v) is 16.3. The van der Waals surface area contributed by atoms with Crippen LogP contribution in [0.15, 0.2) is 83.8 Å². The summed E-state index contributed by atoms with van der Waals surface area (Å²) in [5.74, 6) is 0. The fourth-order valence-electron chi connectivity index (χ4n) is 2.55. The molecule has 0 aliphatic heterocycles. The highest BCUT2D eigenvalue weighted by Crippen LogP contribution is 2.26. The number of urea groups is 2. The van der Waals surface area contributed by atoms with Crippen molar-refractivity contribution in [1.29, 1.82) is 0 Å². The first-order chi connectivity index (χ1) is 14.3. The summed E-state index contributed by atoms with van der Waals surface area (Å²) in [6.45, 7) is 0. The molecule has 3 aromatic rings. The first kappa shape index (κ1) is 20.8. The third kappa shape index (κ3) is 5.80. The molecule has 0 heterocycles. The highest BCUT2D eigenvalue weighted by molar-refractivity contribution is 7.86. The van der Waals surface area contributed by atoms with Crippen LogP contribution in [0.25, 0.3) is 0 Å². The zero-order valence-electron chi connectivity index (χ0n) is 15.5. The Balaban J connectivity index is 1.78. The standard InChI is InChI=1S/C20H18N4O5S/c25-19(21-14-7-3-1-4-8-14)23-16-11-12-18(30(27,28)29)17(13-16)24-20(26)22-15-9-5-2-6-10-15/h1-13H,(H2,21,23,25)(H2,22,24,26)(H,27,28,29). The Kier molecular flexibility index (Phi) is 6.30. The van der Waals surface area contributed by atoms with E-state index < -0.39 is 27.1 Å². The third-order valence-corrected chi connectivity index (χ3v) is 4.74. The molecule has 0 unspecified atom stereocenters. The van der Waals surface area contributed by atoms with E-state index >= 15 is 0 Å². The Morgan fingerprint density at radius 3 is 1.60 bits per heavy atom. The Morgan fingerprint density at radius 1 is 0.633 bits per heavy atom. The summed E-state index contributed by atoms with van der Waals surface area (Å²) < 4.78 is 32.7. The fraction of sp³-hybridized carbons (Fsp3) is 0. The van der Waals surface area contributed by atoms with Gasteiger partial charge < -0.3 is 21.3 Å². The maximum atomic E-state index is 12.2. The summed E-state index contributed by atoms with van der Waals surface area (Å²) in [7, 11) is -4.62. The van der Waals surface area contributed by atoms with E-state index in [1.165, 1.54) is 12.1 Å². The lowest BCUT2D eigenvalue weighted by Gasteiger charge is -2.13. The van der Waals surface area contributed by atoms with E-state index in [2.05, 4.69) is 21.3 Å². The van der Waals surface area contributed by atoms with Crippen molar-refractivity contribution in [2.75, 3.05) is 21.3 Å². The molecule has 5 N–H and O–H groups in total. The van der Waals surface area contributed by atoms with Gasteiger partial charge in [-0.05, 0) is 42.5 Å². The number of hydrogen-bond acceptors (Lipinski definition) is 4. The van der Waals surface area contributed by atoms with E-state index in [0.29, 0.717) is 11.4 Å². The van der Waals surface area contributed by atoms with Crippen LogP contribution < -0.4 is 21.3 Å². The van der Waals surface area contributed by atoms with Crippen molar-refractivity contribution in [3.8, 4) is 0 Å². The maximum Gasteiger partial charge on any atom is 0.323 e. The number of amides is 4. The molecule has 0 saturated heterocycles. The van der Waals surface area contributed by atoms with Crippen LogP contribution >= 0.6 is 0 Å². The number of carbonyl (C=O) groups excluding carboxylic acids is 2. The van der Waals surface area contributed by atoms with E-state index in [-0.39, 0.29) is 11.4 Å². The maximum absolute atomic E-state index is 12.2. The van der Waals surface area contributed by atoms with Gasteiger partial charge in [0.25, 0.3) is 10.1 Å². The molecular formula is C20H18N4O5S. The smallest absolute Gasteiger partial charge is 0.308 e. The average Bonchev–Trinajstić information content (AvgIpc) is 2.68. The summed E-state index contributed by atoms with van der Waals surface area (Å²) in [4.78, 5) is 23.9. The van der Waals surface area contributed by atoms with Gasteiger partial charge in [-0.3, -0.25) is 4.55 Å². The second kappa shape index (κ2) is 9.07. The SMILES string of the molecule is O=C(Nc1ccccc1)Nc1ccc(S(=O)(=O)O)c(NC(=O)Nc2ccccc2)c1. The van der Waals surface area contributed by atoms with E-state index in [1.54, 1.807) is 60.7 Å². The van der Waals surface area contributed by atoms with Gasteiger partial charge in [-0.1, -0.05) is 36.4 Å². The number of para-hydroxylation sites is 2. The number of benzene rings is 3. The molecule has 3 rings (SSSR count). The number of anilines is 4. The molecule has 0 saturated carbocycles. The number of rotatable bonds is 5. The van der Waals surface area contributed by atoms with Gasteiger partial charge in [-0.25, -0.2) is 9.59 Å². The number of hydrogen-bond donors (Lipinski definition) is 5. The van der Waals surface area contributed by atoms with Crippen LogP contribution in [0.2, 0.25) is 0 Å². The molecule has 10 heteroatoms. The van der Waals surface area contributed by atoms with Crippen LogP contribution in [0.5, 0.6) is 0 Å². The molecule has 0 radical (unpaired) electrons. The van der Waals surface area contributed by atoms with Gasteiger partial charge >= 0.3 is 12.1 Å². The number of carbonyl (C=O) groups is 2. The monoisotopic (exact) mass is 426 g/mol. The van der Waals surface area contributed by atoms with Gasteiger partial charge in [0.2, 0.25) is 0 Å². The van der Waals surface area contributed by atoms with Crippen molar-refractivity contribution in [1.82, 2.24) is 0 Å². The zero-order chi connectivity index (χ0) is 21.6. The molecule has 0 atom stereocenters. The normalized spacial score (nSPS) is 10.7. The summed E-state index contributed by atoms with van der Waals surface area (Å²) in [6, 6.07) is 19.5. The summed E-state index contributed by atoms with van der Waals surface area (Å²) in [6.07, 6.45) is 0. The molecule has 3 aromatic carbocycles. The van der Waals surface area contributed by atoms with Gasteiger partial charge in [-0.15, -0.1) is 0 Å². The Bertz CT molecular complexity index is 1150. The third-order valence-electron chi connectivity index (χ3n) is 3.83. The Hall–Kier alpha value is -3.89. The van der Waals surface area contributed by atoms with Gasteiger partial charge in [-0.2, -0.15) is 8.42 Å². The molecule has 4 amide bonds. The first-order valence-electron chi connectivity index (χ1n) is 8.69. The van der Waals surface area contributed by atoms with Gasteiger partial charge in [0, 0.05) is 17.1 Å². The van der Waals surface area contributed by atoms with Gasteiger partial charge in [0.1, 0.15) is 4.90 Å². The molecule has 30 heavy (non-hydrogen) atoms. The van der Waals surface area contributed by atoms with Crippen LogP contribution in [0.4, 0.5) is 32.3 Å². The second-order valence-corrected chi connectivity index (χ2v) is 7.47. The molecule has 0 bridgehead atoms. The van der Waals surface area contributed by atoms with Crippen LogP contribution in [-0.4, -0.2) is 25.0 Å². The molecular weight excluding hydrogens is 408 g/mol. The quantitative estimate of drug-likeness (QED) is 0.389. The molecule has 0 aliphatic rings. The predicted molar refractivity (Wildman–Crippen MR) is 114 cm³/mol. The lowest BCUT2D eigenvalue weighted by atomic mass is 10.2. The fourth-order valence-corrected chi connectivity index (χ4v) is 3.18. The van der Waals surface area contributed by atoms with Crippen LogP contribution in [0, 0.1) is 0 Å². The van der Waals surface area contributed by atoms with E-state index in [4.69, 9.17) is 0 Å². The summed E-state index contributed by atoms with van der Waals surface area (Å²) in [5, 5.41) is 10.0. The highest BCUT2D eigenvalue weighted by atomic mass is 32.2. The molecule has 0 aromatic heterocycles. The second-order valence-electron chi connectivity index (χ2n) is 6.08. The minimum absolute atomic E-state index is 0.200. The Morgan fingerprint density at radius 2 is 1.10 bits per heavy atom. The van der Waals surface area contributed by atoms with Crippen LogP contribution in [-0.2, 0) is 10.1 Å². The minimum atomic E-state index is -4.62. The molecule has 0 aliphatic carbocycles. The van der Waals surface area contributed by atoms with Crippen LogP contribution in [0.3, 0.4) is 0 Å². The van der Waals surface area contributed by atoms with Crippen molar-refractivity contribution in [2.24, 2.45) is 0 Å². The predicted octanol–water partition coefficient (Wildman–Crippen LogP) is 4.22. The molecule has 0 fully saturated rings. The average molecular weight is 426 g/mol. The van der Waals surface area contributed by atoms with Crippen LogP contribution in [0.1, 0.15) is 0 Å². The highest BCUT2D eigenvalue weighted by Gasteiger charge is 2.18. The lowest BCUT2D eigenvalue weighted by Crippen LogP contribution is -2.22. The van der Waals surface area contributed by atoms with Crippen molar-refractivity contribution >= 4 is 44.9 Å². The van der Waals surface area contributed by atoms with Crippen molar-refractivity contribution in [2.45, 2.75) is 4.90 Å². The van der Waals surface area contributed by atoms with Crippen molar-refractivity contribution in [3.05, 3.63) is 78.9 Å². The first-order valence-corrected chi connectivity index (χ1v) is 10.1. The van der Waals surface area contributed by atoms with E-state index in [0.717, 1.165) is 6.07 Å². The summed E-state index contributed by atoms with van der Waals surface area (Å²) in [5.41, 5.74) is 1.04. The van der Waals surface area contributed by atoms with Gasteiger partial charge in [0.05, 0.1) is 5.69 Å². The van der Waals surface area contributed by atoms with Gasteiger partial charge in [0.15, 0.2) is 0 Å². The molecule has 9 nitrogen and oxygen atoms in total. The lowest BCUT2D eigenvalue weighted by molar-refractivity contribution is 0.261. The van der Waals surface area contributed by atoms with Crippen molar-refractivity contribution < 1.29 is 22.6 Å². The summed E-state index contributed by atoms with van der Waals surface area (Å²) >= 11 is 0. The number of nitrogens with one attached hydrogen (secondary N) is 4. The Labute approximate surface area is 172 Å². The topological polar surface area (TPSA) is 137 Å². The van der Waals surface area contributed by atoms with E-state index in [9.17, 15) is 22.6 Å². The van der Waals surface area contributed by atoms with E-state index in [1.807, 2.05) is 0 Å². The molecule has 154 valence electrons. The largest absolute Gasteiger partial charge is 0.323 e. The van der Waals surface area contributed by atoms with Crippen molar-refractivity contribution in [3.63, 3.8) is 0 Å².